The maximum absolute atomic E-state index is 5.37. The third-order valence-electron chi connectivity index (χ3n) is 3.81. The van der Waals surface area contributed by atoms with Crippen molar-refractivity contribution >= 4 is 11.8 Å². The van der Waals surface area contributed by atoms with Crippen molar-refractivity contribution in [2.24, 2.45) is 0 Å². The van der Waals surface area contributed by atoms with Crippen LogP contribution in [0.25, 0.3) is 17.1 Å². The Morgan fingerprint density at radius 3 is 2.68 bits per heavy atom. The molecule has 6 heteroatoms. The fourth-order valence-electron chi connectivity index (χ4n) is 2.56. The molecule has 0 fully saturated rings. The maximum atomic E-state index is 5.37. The van der Waals surface area contributed by atoms with Crippen molar-refractivity contribution in [3.8, 4) is 17.1 Å². The molecule has 4 rings (SSSR count). The molecule has 5 nitrogen and oxygen atoms in total. The monoisotopic (exact) mass is 348 g/mol. The molecular formula is C19H16N4OS. The van der Waals surface area contributed by atoms with Gasteiger partial charge in [0, 0.05) is 18.0 Å². The van der Waals surface area contributed by atoms with Crippen LogP contribution in [0.5, 0.6) is 0 Å². The minimum absolute atomic E-state index is 0.572. The number of hydrogen-bond acceptors (Lipinski definition) is 5. The molecule has 2 aromatic heterocycles. The van der Waals surface area contributed by atoms with E-state index in [1.165, 1.54) is 5.56 Å². The quantitative estimate of drug-likeness (QED) is 0.496. The van der Waals surface area contributed by atoms with Crippen LogP contribution in [0.2, 0.25) is 0 Å². The van der Waals surface area contributed by atoms with Crippen molar-refractivity contribution in [1.29, 1.82) is 0 Å². The van der Waals surface area contributed by atoms with Gasteiger partial charge in [0.15, 0.2) is 5.16 Å². The normalized spacial score (nSPS) is 10.9. The molecule has 4 aromatic rings. The smallest absolute Gasteiger partial charge is 0.237 e. The second-order valence-corrected chi connectivity index (χ2v) is 6.48. The van der Waals surface area contributed by atoms with Gasteiger partial charge in [-0.15, -0.1) is 0 Å². The first-order chi connectivity index (χ1) is 12.3. The average molecular weight is 348 g/mol. The third kappa shape index (κ3) is 3.34. The Labute approximate surface area is 149 Å². The Morgan fingerprint density at radius 1 is 1.04 bits per heavy atom. The number of nitrogens with zero attached hydrogens (tertiary/aromatic N) is 4. The molecule has 0 amide bonds. The molecule has 2 heterocycles. The van der Waals surface area contributed by atoms with Crippen LogP contribution >= 0.6 is 11.8 Å². The lowest BCUT2D eigenvalue weighted by Gasteiger charge is -2.09. The second kappa shape index (κ2) is 6.94. The van der Waals surface area contributed by atoms with Crippen molar-refractivity contribution in [1.82, 2.24) is 19.7 Å². The van der Waals surface area contributed by atoms with Gasteiger partial charge in [-0.05, 0) is 18.6 Å². The molecule has 25 heavy (non-hydrogen) atoms. The lowest BCUT2D eigenvalue weighted by molar-refractivity contribution is 0.391. The Bertz CT molecular complexity index is 978. The molecule has 0 saturated heterocycles. The molecule has 0 unspecified atom stereocenters. The van der Waals surface area contributed by atoms with Gasteiger partial charge < -0.3 is 4.52 Å². The lowest BCUT2D eigenvalue weighted by atomic mass is 10.2. The predicted octanol–water partition coefficient (Wildman–Crippen LogP) is 4.52. The lowest BCUT2D eigenvalue weighted by Crippen LogP contribution is -1.97. The number of aryl methyl sites for hydroxylation is 1. The Balaban J connectivity index is 1.51. The summed E-state index contributed by atoms with van der Waals surface area (Å²) in [7, 11) is 0. The van der Waals surface area contributed by atoms with E-state index in [2.05, 4.69) is 38.7 Å². The van der Waals surface area contributed by atoms with Crippen LogP contribution in [0.15, 0.2) is 76.7 Å². The van der Waals surface area contributed by atoms with Gasteiger partial charge in [0.2, 0.25) is 11.7 Å². The van der Waals surface area contributed by atoms with E-state index in [1.54, 1.807) is 18.0 Å². The molecule has 0 spiro atoms. The third-order valence-corrected chi connectivity index (χ3v) is 4.76. The summed E-state index contributed by atoms with van der Waals surface area (Å²) < 4.78 is 7.45. The zero-order valence-corrected chi connectivity index (χ0v) is 14.5. The summed E-state index contributed by atoms with van der Waals surface area (Å²) >= 11 is 1.57. The number of hydrogen-bond donors (Lipinski definition) is 0. The summed E-state index contributed by atoms with van der Waals surface area (Å²) in [5.74, 6) is 1.77. The van der Waals surface area contributed by atoms with Crippen LogP contribution in [0.4, 0.5) is 0 Å². The molecule has 0 aliphatic rings. The molecule has 124 valence electrons. The highest BCUT2D eigenvalue weighted by molar-refractivity contribution is 7.98. The van der Waals surface area contributed by atoms with E-state index in [4.69, 9.17) is 4.52 Å². The van der Waals surface area contributed by atoms with Gasteiger partial charge in [-0.1, -0.05) is 65.4 Å². The standard InChI is InChI=1S/C19H16N4OS/c1-14-7-5-6-10-16(14)23-12-11-20-19(23)25-13-17-21-18(22-24-17)15-8-3-2-4-9-15/h2-12H,13H2,1H3. The minimum atomic E-state index is 0.572. The van der Waals surface area contributed by atoms with Gasteiger partial charge in [0.05, 0.1) is 11.4 Å². The number of benzene rings is 2. The fraction of sp³-hybridized carbons (Fsp3) is 0.105. The molecule has 0 N–H and O–H groups in total. The van der Waals surface area contributed by atoms with E-state index in [1.807, 2.05) is 48.7 Å². The van der Waals surface area contributed by atoms with Crippen LogP contribution in [-0.4, -0.2) is 19.7 Å². The zero-order chi connectivity index (χ0) is 17.1. The summed E-state index contributed by atoms with van der Waals surface area (Å²) in [6, 6.07) is 18.0. The van der Waals surface area contributed by atoms with E-state index in [9.17, 15) is 0 Å². The number of imidazole rings is 1. The first kappa shape index (κ1) is 15.7. The number of para-hydroxylation sites is 1. The number of thioether (sulfide) groups is 1. The van der Waals surface area contributed by atoms with Gasteiger partial charge >= 0.3 is 0 Å². The van der Waals surface area contributed by atoms with Crippen molar-refractivity contribution in [3.05, 3.63) is 78.4 Å². The first-order valence-corrected chi connectivity index (χ1v) is 8.90. The molecule has 0 saturated carbocycles. The van der Waals surface area contributed by atoms with Gasteiger partial charge in [-0.2, -0.15) is 4.98 Å². The highest BCUT2D eigenvalue weighted by atomic mass is 32.2. The summed E-state index contributed by atoms with van der Waals surface area (Å²) in [5, 5.41) is 4.95. The van der Waals surface area contributed by atoms with E-state index < -0.39 is 0 Å². The van der Waals surface area contributed by atoms with Crippen LogP contribution in [0.1, 0.15) is 11.5 Å². The van der Waals surface area contributed by atoms with Crippen molar-refractivity contribution in [2.45, 2.75) is 17.8 Å². The number of rotatable bonds is 5. The highest BCUT2D eigenvalue weighted by Crippen LogP contribution is 2.26. The summed E-state index contributed by atoms with van der Waals surface area (Å²) in [5.41, 5.74) is 3.27. The SMILES string of the molecule is Cc1ccccc1-n1ccnc1SCc1nc(-c2ccccc2)no1. The molecule has 0 bridgehead atoms. The van der Waals surface area contributed by atoms with E-state index >= 15 is 0 Å². The highest BCUT2D eigenvalue weighted by Gasteiger charge is 2.12. The molecule has 2 aromatic carbocycles. The van der Waals surface area contributed by atoms with Crippen LogP contribution in [0, 0.1) is 6.92 Å². The van der Waals surface area contributed by atoms with Gasteiger partial charge in [-0.3, -0.25) is 4.57 Å². The average Bonchev–Trinajstić information content (AvgIpc) is 3.30. The van der Waals surface area contributed by atoms with Gasteiger partial charge in [0.25, 0.3) is 0 Å². The first-order valence-electron chi connectivity index (χ1n) is 7.91. The van der Waals surface area contributed by atoms with Crippen molar-refractivity contribution in [2.75, 3.05) is 0 Å². The molecule has 0 radical (unpaired) electrons. The summed E-state index contributed by atoms with van der Waals surface area (Å²) in [6.45, 7) is 2.09. The zero-order valence-electron chi connectivity index (χ0n) is 13.7. The summed E-state index contributed by atoms with van der Waals surface area (Å²) in [6.07, 6.45) is 3.77. The van der Waals surface area contributed by atoms with E-state index in [-0.39, 0.29) is 0 Å². The number of aromatic nitrogens is 4. The van der Waals surface area contributed by atoms with Crippen LogP contribution in [-0.2, 0) is 5.75 Å². The fourth-order valence-corrected chi connectivity index (χ4v) is 3.36. The maximum Gasteiger partial charge on any atom is 0.237 e. The molecular weight excluding hydrogens is 332 g/mol. The molecule has 0 aliphatic heterocycles. The molecule has 0 aliphatic carbocycles. The van der Waals surface area contributed by atoms with Crippen molar-refractivity contribution < 1.29 is 4.52 Å². The topological polar surface area (TPSA) is 56.7 Å². The van der Waals surface area contributed by atoms with Crippen LogP contribution in [0.3, 0.4) is 0 Å². The Kier molecular flexibility index (Phi) is 4.35. The van der Waals surface area contributed by atoms with Gasteiger partial charge in [-0.25, -0.2) is 4.98 Å². The van der Waals surface area contributed by atoms with E-state index in [0.29, 0.717) is 17.5 Å². The Morgan fingerprint density at radius 2 is 1.84 bits per heavy atom. The second-order valence-electron chi connectivity index (χ2n) is 5.53. The van der Waals surface area contributed by atoms with Crippen LogP contribution < -0.4 is 0 Å². The van der Waals surface area contributed by atoms with Gasteiger partial charge in [0.1, 0.15) is 0 Å². The molecule has 0 atom stereocenters. The van der Waals surface area contributed by atoms with E-state index in [0.717, 1.165) is 16.4 Å². The van der Waals surface area contributed by atoms with Crippen molar-refractivity contribution in [3.63, 3.8) is 0 Å². The largest absolute Gasteiger partial charge is 0.338 e. The predicted molar refractivity (Wildman–Crippen MR) is 97.6 cm³/mol. The summed E-state index contributed by atoms with van der Waals surface area (Å²) in [4.78, 5) is 8.91. The minimum Gasteiger partial charge on any atom is -0.338 e. The Hall–Kier alpha value is -2.86.